The van der Waals surface area contributed by atoms with Gasteiger partial charge in [0.05, 0.1) is 32.3 Å². The maximum absolute atomic E-state index is 12.3. The van der Waals surface area contributed by atoms with Crippen LogP contribution < -0.4 is 19.3 Å². The van der Waals surface area contributed by atoms with Gasteiger partial charge in [-0.05, 0) is 42.8 Å². The number of benzene rings is 2. The Balaban J connectivity index is 1.53. The minimum absolute atomic E-state index is 0.154. The molecule has 1 saturated heterocycles. The third kappa shape index (κ3) is 6.60. The molecule has 0 aromatic heterocycles. The number of anilines is 3. The van der Waals surface area contributed by atoms with E-state index in [4.69, 9.17) is 9.47 Å². The van der Waals surface area contributed by atoms with E-state index in [1.807, 2.05) is 24.3 Å². The third-order valence-electron chi connectivity index (χ3n) is 5.03. The van der Waals surface area contributed by atoms with Crippen LogP contribution in [-0.2, 0) is 19.6 Å². The largest absolute Gasteiger partial charge is 0.497 e. The number of amides is 1. The van der Waals surface area contributed by atoms with Crippen LogP contribution in [0.25, 0.3) is 0 Å². The lowest BCUT2D eigenvalue weighted by molar-refractivity contribution is -0.116. The van der Waals surface area contributed by atoms with Gasteiger partial charge in [0.15, 0.2) is 0 Å². The second-order valence-corrected chi connectivity index (χ2v) is 9.24. The lowest BCUT2D eigenvalue weighted by atomic mass is 10.2. The van der Waals surface area contributed by atoms with Crippen molar-refractivity contribution in [2.75, 3.05) is 60.7 Å². The standard InChI is InChI=1S/C22H29N3O5S/c1-29-21-6-3-5-20(17-21)25(31(2,27)28)12-4-7-22(26)23-18-8-10-19(11-9-18)24-13-15-30-16-14-24/h3,5-6,8-11,17H,4,7,12-16H2,1-2H3,(H,23,26). The molecule has 168 valence electrons. The number of carbonyl (C=O) groups excluding carboxylic acids is 1. The van der Waals surface area contributed by atoms with Crippen molar-refractivity contribution in [3.63, 3.8) is 0 Å². The monoisotopic (exact) mass is 447 g/mol. The lowest BCUT2D eigenvalue weighted by Crippen LogP contribution is -2.36. The molecule has 9 heteroatoms. The van der Waals surface area contributed by atoms with Gasteiger partial charge in [-0.2, -0.15) is 0 Å². The molecule has 3 rings (SSSR count). The number of ether oxygens (including phenoxy) is 2. The molecule has 0 spiro atoms. The number of hydrogen-bond acceptors (Lipinski definition) is 6. The van der Waals surface area contributed by atoms with Crippen molar-refractivity contribution in [3.8, 4) is 5.75 Å². The Morgan fingerprint density at radius 1 is 1.16 bits per heavy atom. The third-order valence-corrected chi connectivity index (χ3v) is 6.23. The zero-order valence-corrected chi connectivity index (χ0v) is 18.7. The average Bonchev–Trinajstić information content (AvgIpc) is 2.77. The summed E-state index contributed by atoms with van der Waals surface area (Å²) in [6.45, 7) is 3.36. The summed E-state index contributed by atoms with van der Waals surface area (Å²) in [5, 5.41) is 2.87. The molecule has 1 heterocycles. The number of sulfonamides is 1. The van der Waals surface area contributed by atoms with Crippen LogP contribution >= 0.6 is 0 Å². The van der Waals surface area contributed by atoms with Crippen molar-refractivity contribution in [2.24, 2.45) is 0 Å². The quantitative estimate of drug-likeness (QED) is 0.636. The Morgan fingerprint density at radius 3 is 2.52 bits per heavy atom. The number of rotatable bonds is 9. The second-order valence-electron chi connectivity index (χ2n) is 7.33. The molecule has 0 atom stereocenters. The fourth-order valence-electron chi connectivity index (χ4n) is 3.44. The molecular formula is C22H29N3O5S. The molecule has 1 fully saturated rings. The first-order valence-corrected chi connectivity index (χ1v) is 12.1. The molecular weight excluding hydrogens is 418 g/mol. The van der Waals surface area contributed by atoms with Crippen molar-refractivity contribution in [1.29, 1.82) is 0 Å². The van der Waals surface area contributed by atoms with E-state index < -0.39 is 10.0 Å². The van der Waals surface area contributed by atoms with Gasteiger partial charge in [0.25, 0.3) is 0 Å². The fourth-order valence-corrected chi connectivity index (χ4v) is 4.39. The number of carbonyl (C=O) groups is 1. The zero-order valence-electron chi connectivity index (χ0n) is 17.9. The van der Waals surface area contributed by atoms with Crippen LogP contribution in [0.15, 0.2) is 48.5 Å². The van der Waals surface area contributed by atoms with Crippen LogP contribution in [0.3, 0.4) is 0 Å². The Bertz CT molecular complexity index is 973. The molecule has 0 unspecified atom stereocenters. The van der Waals surface area contributed by atoms with E-state index in [1.54, 1.807) is 24.3 Å². The molecule has 2 aromatic carbocycles. The molecule has 1 N–H and O–H groups in total. The Hall–Kier alpha value is -2.78. The number of hydrogen-bond donors (Lipinski definition) is 1. The van der Waals surface area contributed by atoms with Gasteiger partial charge < -0.3 is 19.7 Å². The SMILES string of the molecule is COc1cccc(N(CCCC(=O)Nc2ccc(N3CCOCC3)cc2)S(C)(=O)=O)c1. The fraction of sp³-hybridized carbons (Fsp3) is 0.409. The summed E-state index contributed by atoms with van der Waals surface area (Å²) in [5.74, 6) is 0.419. The van der Waals surface area contributed by atoms with E-state index >= 15 is 0 Å². The average molecular weight is 448 g/mol. The van der Waals surface area contributed by atoms with Crippen molar-refractivity contribution >= 4 is 33.0 Å². The number of nitrogens with one attached hydrogen (secondary N) is 1. The second kappa shape index (κ2) is 10.5. The van der Waals surface area contributed by atoms with E-state index in [0.717, 1.165) is 43.9 Å². The summed E-state index contributed by atoms with van der Waals surface area (Å²) in [4.78, 5) is 14.6. The Labute approximate surface area is 183 Å². The van der Waals surface area contributed by atoms with Crippen molar-refractivity contribution in [3.05, 3.63) is 48.5 Å². The molecule has 0 saturated carbocycles. The lowest BCUT2D eigenvalue weighted by Gasteiger charge is -2.28. The van der Waals surface area contributed by atoms with Crippen LogP contribution in [0.1, 0.15) is 12.8 Å². The van der Waals surface area contributed by atoms with Gasteiger partial charge in [0.2, 0.25) is 15.9 Å². The van der Waals surface area contributed by atoms with Gasteiger partial charge in [0, 0.05) is 43.5 Å². The van der Waals surface area contributed by atoms with Crippen molar-refractivity contribution < 1.29 is 22.7 Å². The molecule has 1 aliphatic rings. The Morgan fingerprint density at radius 2 is 1.87 bits per heavy atom. The molecule has 0 bridgehead atoms. The highest BCUT2D eigenvalue weighted by Crippen LogP contribution is 2.24. The van der Waals surface area contributed by atoms with Crippen molar-refractivity contribution in [1.82, 2.24) is 0 Å². The van der Waals surface area contributed by atoms with E-state index in [0.29, 0.717) is 17.9 Å². The van der Waals surface area contributed by atoms with Gasteiger partial charge in [-0.3, -0.25) is 9.10 Å². The van der Waals surface area contributed by atoms with Crippen LogP contribution in [0.5, 0.6) is 5.75 Å². The van der Waals surface area contributed by atoms with E-state index in [2.05, 4.69) is 10.2 Å². The molecule has 1 amide bonds. The first kappa shape index (κ1) is 22.9. The van der Waals surface area contributed by atoms with Crippen LogP contribution in [0.4, 0.5) is 17.1 Å². The highest BCUT2D eigenvalue weighted by atomic mass is 32.2. The van der Waals surface area contributed by atoms with Gasteiger partial charge in [-0.15, -0.1) is 0 Å². The summed E-state index contributed by atoms with van der Waals surface area (Å²) in [6, 6.07) is 14.6. The van der Waals surface area contributed by atoms with Gasteiger partial charge >= 0.3 is 0 Å². The minimum Gasteiger partial charge on any atom is -0.497 e. The predicted molar refractivity (Wildman–Crippen MR) is 123 cm³/mol. The van der Waals surface area contributed by atoms with E-state index in [1.165, 1.54) is 11.4 Å². The summed E-state index contributed by atoms with van der Waals surface area (Å²) in [6.07, 6.45) is 1.76. The highest BCUT2D eigenvalue weighted by molar-refractivity contribution is 7.92. The van der Waals surface area contributed by atoms with Crippen molar-refractivity contribution in [2.45, 2.75) is 12.8 Å². The smallest absolute Gasteiger partial charge is 0.232 e. The predicted octanol–water partition coefficient (Wildman–Crippen LogP) is 2.72. The van der Waals surface area contributed by atoms with Crippen LogP contribution in [0, 0.1) is 0 Å². The molecule has 1 aliphatic heterocycles. The summed E-state index contributed by atoms with van der Waals surface area (Å²) in [5.41, 5.74) is 2.33. The summed E-state index contributed by atoms with van der Waals surface area (Å²) >= 11 is 0. The maximum Gasteiger partial charge on any atom is 0.232 e. The van der Waals surface area contributed by atoms with Crippen LogP contribution in [-0.4, -0.2) is 60.5 Å². The van der Waals surface area contributed by atoms with Gasteiger partial charge in [-0.25, -0.2) is 8.42 Å². The molecule has 31 heavy (non-hydrogen) atoms. The highest BCUT2D eigenvalue weighted by Gasteiger charge is 2.18. The van der Waals surface area contributed by atoms with E-state index in [9.17, 15) is 13.2 Å². The summed E-state index contributed by atoms with van der Waals surface area (Å²) in [7, 11) is -1.95. The maximum atomic E-state index is 12.3. The molecule has 0 aliphatic carbocycles. The zero-order chi connectivity index (χ0) is 22.3. The number of methoxy groups -OCH3 is 1. The first-order valence-electron chi connectivity index (χ1n) is 10.2. The van der Waals surface area contributed by atoms with E-state index in [-0.39, 0.29) is 18.9 Å². The van der Waals surface area contributed by atoms with Gasteiger partial charge in [-0.1, -0.05) is 6.07 Å². The van der Waals surface area contributed by atoms with Gasteiger partial charge in [0.1, 0.15) is 5.75 Å². The molecule has 2 aromatic rings. The summed E-state index contributed by atoms with van der Waals surface area (Å²) < 4.78 is 36.3. The molecule has 0 radical (unpaired) electrons. The Kier molecular flexibility index (Phi) is 7.75. The topological polar surface area (TPSA) is 88.2 Å². The van der Waals surface area contributed by atoms with Crippen LogP contribution in [0.2, 0.25) is 0 Å². The normalized spacial score (nSPS) is 14.2. The number of nitrogens with zero attached hydrogens (tertiary/aromatic N) is 2. The molecule has 8 nitrogen and oxygen atoms in total. The minimum atomic E-state index is -3.48. The number of morpholine rings is 1. The first-order chi connectivity index (χ1) is 14.9.